The Morgan fingerprint density at radius 3 is 2.45 bits per heavy atom. The van der Waals surface area contributed by atoms with Crippen LogP contribution in [0.1, 0.15) is 26.7 Å². The SMILES string of the molecule is C=C/C(=C\C=C/C)C1(C)CC1. The third-order valence-corrected chi connectivity index (χ3v) is 2.39. The Morgan fingerprint density at radius 1 is 1.45 bits per heavy atom. The van der Waals surface area contributed by atoms with E-state index in [0.717, 1.165) is 0 Å². The van der Waals surface area contributed by atoms with Crippen molar-refractivity contribution in [1.29, 1.82) is 0 Å². The molecule has 60 valence electrons. The molecule has 0 N–H and O–H groups in total. The summed E-state index contributed by atoms with van der Waals surface area (Å²) in [6.07, 6.45) is 10.9. The van der Waals surface area contributed by atoms with Gasteiger partial charge in [0, 0.05) is 0 Å². The van der Waals surface area contributed by atoms with Crippen LogP contribution in [0.25, 0.3) is 0 Å². The Balaban J connectivity index is 2.70. The molecule has 1 fully saturated rings. The molecule has 0 aromatic heterocycles. The smallest absolute Gasteiger partial charge is 0.00748 e. The zero-order chi connectivity index (χ0) is 8.32. The summed E-state index contributed by atoms with van der Waals surface area (Å²) in [6, 6.07) is 0. The van der Waals surface area contributed by atoms with E-state index in [1.165, 1.54) is 18.4 Å². The predicted molar refractivity (Wildman–Crippen MR) is 50.4 cm³/mol. The number of allylic oxidation sites excluding steroid dienone is 5. The molecule has 1 saturated carbocycles. The maximum Gasteiger partial charge on any atom is -0.00748 e. The van der Waals surface area contributed by atoms with Crippen LogP contribution in [0.2, 0.25) is 0 Å². The molecule has 1 aliphatic carbocycles. The molecule has 0 radical (unpaired) electrons. The molecule has 1 aliphatic rings. The van der Waals surface area contributed by atoms with Crippen LogP contribution in [-0.2, 0) is 0 Å². The largest absolute Gasteiger partial charge is 0.0988 e. The molecule has 0 saturated heterocycles. The molecule has 0 aromatic rings. The lowest BCUT2D eigenvalue weighted by Crippen LogP contribution is -1.94. The maximum atomic E-state index is 3.82. The van der Waals surface area contributed by atoms with Crippen LogP contribution < -0.4 is 0 Å². The lowest BCUT2D eigenvalue weighted by Gasteiger charge is -2.07. The average Bonchev–Trinajstić information content (AvgIpc) is 2.71. The first-order chi connectivity index (χ1) is 5.23. The van der Waals surface area contributed by atoms with E-state index in [9.17, 15) is 0 Å². The van der Waals surface area contributed by atoms with Gasteiger partial charge in [-0.25, -0.2) is 0 Å². The molecule has 0 unspecified atom stereocenters. The summed E-state index contributed by atoms with van der Waals surface area (Å²) >= 11 is 0. The zero-order valence-electron chi connectivity index (χ0n) is 7.43. The molecule has 11 heavy (non-hydrogen) atoms. The van der Waals surface area contributed by atoms with Crippen molar-refractivity contribution in [2.24, 2.45) is 5.41 Å². The minimum absolute atomic E-state index is 0.460. The Kier molecular flexibility index (Phi) is 2.33. The summed E-state index contributed by atoms with van der Waals surface area (Å²) in [7, 11) is 0. The number of hydrogen-bond acceptors (Lipinski definition) is 0. The van der Waals surface area contributed by atoms with Gasteiger partial charge in [0.1, 0.15) is 0 Å². The molecule has 0 nitrogen and oxygen atoms in total. The first-order valence-corrected chi connectivity index (χ1v) is 4.19. The van der Waals surface area contributed by atoms with E-state index in [0.29, 0.717) is 5.41 Å². The van der Waals surface area contributed by atoms with Crippen LogP contribution in [0, 0.1) is 5.41 Å². The lowest BCUT2D eigenvalue weighted by molar-refractivity contribution is 0.710. The average molecular weight is 148 g/mol. The third-order valence-electron chi connectivity index (χ3n) is 2.39. The van der Waals surface area contributed by atoms with Crippen LogP contribution in [0.5, 0.6) is 0 Å². The van der Waals surface area contributed by atoms with Crippen LogP contribution in [-0.4, -0.2) is 0 Å². The first kappa shape index (κ1) is 8.32. The van der Waals surface area contributed by atoms with Crippen molar-refractivity contribution in [3.63, 3.8) is 0 Å². The quantitative estimate of drug-likeness (QED) is 0.537. The van der Waals surface area contributed by atoms with Crippen molar-refractivity contribution in [2.45, 2.75) is 26.7 Å². The van der Waals surface area contributed by atoms with Gasteiger partial charge in [-0.2, -0.15) is 0 Å². The molecular weight excluding hydrogens is 132 g/mol. The molecule has 0 bridgehead atoms. The van der Waals surface area contributed by atoms with E-state index in [1.807, 2.05) is 13.0 Å². The van der Waals surface area contributed by atoms with Gasteiger partial charge in [0.2, 0.25) is 0 Å². The number of rotatable bonds is 3. The Labute approximate surface area is 69.3 Å². The number of hydrogen-bond donors (Lipinski definition) is 0. The monoisotopic (exact) mass is 148 g/mol. The zero-order valence-corrected chi connectivity index (χ0v) is 7.43. The van der Waals surface area contributed by atoms with Gasteiger partial charge in [-0.15, -0.1) is 0 Å². The highest BCUT2D eigenvalue weighted by Gasteiger charge is 2.39. The summed E-state index contributed by atoms with van der Waals surface area (Å²) in [5, 5.41) is 0. The summed E-state index contributed by atoms with van der Waals surface area (Å²) < 4.78 is 0. The van der Waals surface area contributed by atoms with Gasteiger partial charge in [0.05, 0.1) is 0 Å². The van der Waals surface area contributed by atoms with Gasteiger partial charge < -0.3 is 0 Å². The van der Waals surface area contributed by atoms with Gasteiger partial charge >= 0.3 is 0 Å². The van der Waals surface area contributed by atoms with Gasteiger partial charge in [-0.3, -0.25) is 0 Å². The Bertz CT molecular complexity index is 202. The van der Waals surface area contributed by atoms with Gasteiger partial charge in [-0.1, -0.05) is 37.8 Å². The van der Waals surface area contributed by atoms with E-state index >= 15 is 0 Å². The van der Waals surface area contributed by atoms with Gasteiger partial charge in [0.15, 0.2) is 0 Å². The second-order valence-corrected chi connectivity index (χ2v) is 3.41. The first-order valence-electron chi connectivity index (χ1n) is 4.19. The standard InChI is InChI=1S/C11H16/c1-4-6-7-10(5-2)11(3)8-9-11/h4-7H,2,8-9H2,1,3H3/b6-4-,10-7+. The summed E-state index contributed by atoms with van der Waals surface area (Å²) in [5.41, 5.74) is 1.84. The van der Waals surface area contributed by atoms with Gasteiger partial charge in [0.25, 0.3) is 0 Å². The fourth-order valence-corrected chi connectivity index (χ4v) is 1.19. The molecule has 0 heteroatoms. The summed E-state index contributed by atoms with van der Waals surface area (Å²) in [5.74, 6) is 0. The van der Waals surface area contributed by atoms with Crippen molar-refractivity contribution < 1.29 is 0 Å². The maximum absolute atomic E-state index is 3.82. The van der Waals surface area contributed by atoms with E-state index in [4.69, 9.17) is 0 Å². The molecule has 0 spiro atoms. The van der Waals surface area contributed by atoms with E-state index in [2.05, 4.69) is 31.7 Å². The predicted octanol–water partition coefficient (Wildman–Crippen LogP) is 3.48. The van der Waals surface area contributed by atoms with E-state index < -0.39 is 0 Å². The van der Waals surface area contributed by atoms with E-state index in [1.54, 1.807) is 0 Å². The van der Waals surface area contributed by atoms with Crippen molar-refractivity contribution in [2.75, 3.05) is 0 Å². The minimum Gasteiger partial charge on any atom is -0.0988 e. The van der Waals surface area contributed by atoms with Crippen LogP contribution >= 0.6 is 0 Å². The third kappa shape index (κ3) is 1.83. The normalized spacial score (nSPS) is 22.2. The van der Waals surface area contributed by atoms with Crippen molar-refractivity contribution >= 4 is 0 Å². The Hall–Kier alpha value is -0.780. The molecule has 0 atom stereocenters. The van der Waals surface area contributed by atoms with Crippen molar-refractivity contribution in [3.8, 4) is 0 Å². The second kappa shape index (κ2) is 3.08. The summed E-state index contributed by atoms with van der Waals surface area (Å²) in [6.45, 7) is 8.15. The van der Waals surface area contributed by atoms with Crippen LogP contribution in [0.15, 0.2) is 36.5 Å². The van der Waals surface area contributed by atoms with Crippen molar-refractivity contribution in [1.82, 2.24) is 0 Å². The molecule has 0 amide bonds. The fourth-order valence-electron chi connectivity index (χ4n) is 1.19. The fraction of sp³-hybridized carbons (Fsp3) is 0.455. The highest BCUT2D eigenvalue weighted by Crippen LogP contribution is 2.51. The topological polar surface area (TPSA) is 0 Å². The summed E-state index contributed by atoms with van der Waals surface area (Å²) in [4.78, 5) is 0. The molecule has 0 aromatic carbocycles. The minimum atomic E-state index is 0.460. The second-order valence-electron chi connectivity index (χ2n) is 3.41. The molecule has 1 rings (SSSR count). The lowest BCUT2D eigenvalue weighted by atomic mass is 9.98. The molecule has 0 aliphatic heterocycles. The van der Waals surface area contributed by atoms with E-state index in [-0.39, 0.29) is 0 Å². The Morgan fingerprint density at radius 2 is 2.09 bits per heavy atom. The molecular formula is C11H16. The van der Waals surface area contributed by atoms with Crippen molar-refractivity contribution in [3.05, 3.63) is 36.5 Å². The van der Waals surface area contributed by atoms with Gasteiger partial charge in [-0.05, 0) is 30.8 Å². The molecule has 0 heterocycles. The van der Waals surface area contributed by atoms with Crippen LogP contribution in [0.4, 0.5) is 0 Å². The highest BCUT2D eigenvalue weighted by atomic mass is 14.4. The highest BCUT2D eigenvalue weighted by molar-refractivity contribution is 5.32. The van der Waals surface area contributed by atoms with Crippen LogP contribution in [0.3, 0.4) is 0 Å².